The topological polar surface area (TPSA) is 50.9 Å². The van der Waals surface area contributed by atoms with Crippen molar-refractivity contribution in [3.05, 3.63) is 216 Å². The Bertz CT molecular complexity index is 4110. The number of rotatable bonds is 10. The van der Waals surface area contributed by atoms with Crippen LogP contribution in [0.4, 0.5) is 0 Å². The van der Waals surface area contributed by atoms with Crippen LogP contribution in [0.1, 0.15) is 121 Å². The standard InChI is InChI=1S/C68H65N3O/c1-43(2)50-38-56(44(3)4)65(72)59(39-50)66-70-64-55(27-20-28-62(64)71(66)63-42-57(47-23-16-12-17-24-47)60(68(8,9)10)41-58(63)48-25-18-13-19-26-48)52-35-51(45-21-14-11-15-22-45)36-53(37-52)61-40-49(33-34-69-61)46-29-31-54(32-30-46)67(5,6)7/h11-44,72H,1-10H3/i5D3,6D3,7D3,29D,30D,31D,32D. The predicted molar refractivity (Wildman–Crippen MR) is 304 cm³/mol. The number of pyridine rings is 1. The zero-order valence-corrected chi connectivity index (χ0v) is 41.6. The molecule has 0 aliphatic heterocycles. The largest absolute Gasteiger partial charge is 0.507 e. The molecular weight excluding hydrogens is 875 g/mol. The molecule has 0 spiro atoms. The highest BCUT2D eigenvalue weighted by Crippen LogP contribution is 2.47. The Balaban J connectivity index is 1.27. The van der Waals surface area contributed by atoms with Crippen LogP contribution in [-0.4, -0.2) is 19.6 Å². The van der Waals surface area contributed by atoms with E-state index in [4.69, 9.17) is 25.0 Å². The molecule has 0 aliphatic carbocycles. The maximum Gasteiger partial charge on any atom is 0.149 e. The second kappa shape index (κ2) is 19.1. The second-order valence-corrected chi connectivity index (χ2v) is 20.3. The van der Waals surface area contributed by atoms with Crippen LogP contribution in [0.5, 0.6) is 5.75 Å². The Morgan fingerprint density at radius 3 is 1.76 bits per heavy atom. The number of phenols is 1. The lowest BCUT2D eigenvalue weighted by atomic mass is 9.79. The molecule has 0 atom stereocenters. The van der Waals surface area contributed by atoms with Crippen LogP contribution < -0.4 is 0 Å². The van der Waals surface area contributed by atoms with Crippen LogP contribution in [0, 0.1) is 0 Å². The summed E-state index contributed by atoms with van der Waals surface area (Å²) in [5.74, 6) is 0.742. The van der Waals surface area contributed by atoms with Crippen LogP contribution >= 0.6 is 0 Å². The zero-order valence-electron chi connectivity index (χ0n) is 54.6. The Labute approximate surface area is 445 Å². The quantitative estimate of drug-likeness (QED) is 0.149. The molecule has 0 amide bonds. The highest BCUT2D eigenvalue weighted by Gasteiger charge is 2.28. The van der Waals surface area contributed by atoms with Gasteiger partial charge in [0.2, 0.25) is 0 Å². The fourth-order valence-corrected chi connectivity index (χ4v) is 9.60. The average Bonchev–Trinajstić information content (AvgIpc) is 1.24. The molecule has 4 nitrogen and oxygen atoms in total. The minimum Gasteiger partial charge on any atom is -0.507 e. The SMILES string of the molecule is [2H]c1c([2H])c(C(C([2H])([2H])[2H])(C([2H])([2H])[2H])C([2H])([2H])[2H])c([2H])c([2H])c1-c1ccnc(-c2cc(-c3ccccc3)cc(-c3cccc4c3nc(-c3cc(C(C)C)cc(C(C)C)c3O)n4-c3cc(-c4ccccc4)c(C(C)(C)C)cc3-c3ccccc3)c2)c1. The Morgan fingerprint density at radius 2 is 1.14 bits per heavy atom. The molecule has 358 valence electrons. The Morgan fingerprint density at radius 1 is 0.514 bits per heavy atom. The van der Waals surface area contributed by atoms with Crippen molar-refractivity contribution >= 4 is 11.0 Å². The summed E-state index contributed by atoms with van der Waals surface area (Å²) < 4.78 is 114. The van der Waals surface area contributed by atoms with Crippen LogP contribution in [0.15, 0.2) is 194 Å². The van der Waals surface area contributed by atoms with Crippen molar-refractivity contribution in [1.82, 2.24) is 14.5 Å². The first-order valence-corrected chi connectivity index (χ1v) is 24.4. The van der Waals surface area contributed by atoms with Gasteiger partial charge in [0.25, 0.3) is 0 Å². The molecule has 2 aromatic heterocycles. The lowest BCUT2D eigenvalue weighted by Gasteiger charge is -2.27. The van der Waals surface area contributed by atoms with E-state index in [0.29, 0.717) is 28.2 Å². The van der Waals surface area contributed by atoms with Crippen molar-refractivity contribution in [3.63, 3.8) is 0 Å². The number of benzene rings is 8. The molecule has 10 aromatic rings. The third kappa shape index (κ3) is 9.30. The summed E-state index contributed by atoms with van der Waals surface area (Å²) in [5.41, 5.74) is 8.39. The summed E-state index contributed by atoms with van der Waals surface area (Å²) >= 11 is 0. The summed E-state index contributed by atoms with van der Waals surface area (Å²) in [6, 6.07) is 50.3. The molecule has 8 aromatic carbocycles. The molecule has 0 unspecified atom stereocenters. The van der Waals surface area contributed by atoms with Crippen LogP contribution in [0.25, 0.3) is 95.0 Å². The fourth-order valence-electron chi connectivity index (χ4n) is 9.60. The normalized spacial score (nSPS) is 15.2. The summed E-state index contributed by atoms with van der Waals surface area (Å²) in [6.45, 7) is 3.62. The first kappa shape index (κ1) is 34.5. The fraction of sp³-hybridized carbons (Fsp3) is 0.206. The lowest BCUT2D eigenvalue weighted by molar-refractivity contribution is 0.466. The number of aromatic hydroxyl groups is 1. The number of phenolic OH excluding ortho intramolecular Hbond substituents is 1. The van der Waals surface area contributed by atoms with Gasteiger partial charge in [-0.3, -0.25) is 9.55 Å². The molecule has 0 aliphatic rings. The van der Waals surface area contributed by atoms with Crippen molar-refractivity contribution in [2.75, 3.05) is 0 Å². The van der Waals surface area contributed by atoms with Gasteiger partial charge in [-0.1, -0.05) is 202 Å². The Kier molecular flexibility index (Phi) is 9.14. The number of para-hydroxylation sites is 1. The molecule has 0 radical (unpaired) electrons. The number of aromatic nitrogens is 3. The third-order valence-electron chi connectivity index (χ3n) is 13.4. The highest BCUT2D eigenvalue weighted by molar-refractivity contribution is 5.99. The first-order valence-electron chi connectivity index (χ1n) is 30.9. The van der Waals surface area contributed by atoms with Gasteiger partial charge in [-0.2, -0.15) is 0 Å². The van der Waals surface area contributed by atoms with E-state index in [-0.39, 0.29) is 34.1 Å². The molecule has 0 fully saturated rings. The summed E-state index contributed by atoms with van der Waals surface area (Å²) in [7, 11) is 0. The first-order chi connectivity index (χ1) is 40.0. The maximum atomic E-state index is 12.6. The molecule has 0 saturated carbocycles. The van der Waals surface area contributed by atoms with Crippen molar-refractivity contribution < 1.29 is 22.9 Å². The molecule has 2 heterocycles. The second-order valence-electron chi connectivity index (χ2n) is 20.3. The van der Waals surface area contributed by atoms with Crippen LogP contribution in [0.3, 0.4) is 0 Å². The van der Waals surface area contributed by atoms with Gasteiger partial charge >= 0.3 is 0 Å². The van der Waals surface area contributed by atoms with E-state index in [2.05, 4.69) is 108 Å². The van der Waals surface area contributed by atoms with E-state index in [0.717, 1.165) is 72.4 Å². The van der Waals surface area contributed by atoms with E-state index in [9.17, 15) is 7.85 Å². The van der Waals surface area contributed by atoms with E-state index in [1.165, 1.54) is 12.3 Å². The Hall–Kier alpha value is -7.82. The maximum absolute atomic E-state index is 12.6. The minimum absolute atomic E-state index is 0.0284. The monoisotopic (exact) mass is 953 g/mol. The van der Waals surface area contributed by atoms with Crippen LogP contribution in [-0.2, 0) is 10.8 Å². The minimum atomic E-state index is -3.82. The van der Waals surface area contributed by atoms with Gasteiger partial charge in [0.15, 0.2) is 0 Å². The predicted octanol–water partition coefficient (Wildman–Crippen LogP) is 18.6. The van der Waals surface area contributed by atoms with Gasteiger partial charge in [0.05, 0.1) is 33.5 Å². The summed E-state index contributed by atoms with van der Waals surface area (Å²) in [4.78, 5) is 10.5. The molecule has 0 bridgehead atoms. The van der Waals surface area contributed by atoms with Crippen molar-refractivity contribution in [2.24, 2.45) is 0 Å². The lowest BCUT2D eigenvalue weighted by Crippen LogP contribution is -2.14. The van der Waals surface area contributed by atoms with Gasteiger partial charge in [0.1, 0.15) is 11.6 Å². The van der Waals surface area contributed by atoms with Gasteiger partial charge in [-0.25, -0.2) is 4.98 Å². The van der Waals surface area contributed by atoms with Crippen molar-refractivity contribution in [3.8, 4) is 89.7 Å². The summed E-state index contributed by atoms with van der Waals surface area (Å²) in [5, 5.41) is 12.6. The molecule has 72 heavy (non-hydrogen) atoms. The van der Waals surface area contributed by atoms with E-state index in [1.54, 1.807) is 6.07 Å². The van der Waals surface area contributed by atoms with Gasteiger partial charge in [-0.15, -0.1) is 0 Å². The van der Waals surface area contributed by atoms with Crippen molar-refractivity contribution in [1.29, 1.82) is 0 Å². The summed E-state index contributed by atoms with van der Waals surface area (Å²) in [6.07, 6.45) is 1.44. The molecular formula is C68H65N3O. The van der Waals surface area contributed by atoms with Crippen molar-refractivity contribution in [2.45, 2.75) is 91.7 Å². The van der Waals surface area contributed by atoms with E-state index < -0.39 is 55.7 Å². The number of nitrogens with zero attached hydrogens (tertiary/aromatic N) is 3. The highest BCUT2D eigenvalue weighted by atomic mass is 16.3. The van der Waals surface area contributed by atoms with E-state index >= 15 is 0 Å². The third-order valence-corrected chi connectivity index (χ3v) is 13.4. The molecule has 0 saturated heterocycles. The van der Waals surface area contributed by atoms with Gasteiger partial charge in [0, 0.05) is 35.2 Å². The van der Waals surface area contributed by atoms with E-state index in [1.807, 2.05) is 97.1 Å². The molecule has 4 heteroatoms. The average molecular weight is 953 g/mol. The number of fused-ring (bicyclic) bond motifs is 1. The molecule has 1 N–H and O–H groups in total. The number of hydrogen-bond acceptors (Lipinski definition) is 3. The number of hydrogen-bond donors (Lipinski definition) is 1. The zero-order chi connectivity index (χ0) is 61.5. The van der Waals surface area contributed by atoms with Gasteiger partial charge < -0.3 is 5.11 Å². The van der Waals surface area contributed by atoms with Gasteiger partial charge in [-0.05, 0) is 144 Å². The smallest absolute Gasteiger partial charge is 0.149 e. The molecule has 10 rings (SSSR count). The number of imidazole rings is 1. The van der Waals surface area contributed by atoms with Crippen LogP contribution in [0.2, 0.25) is 0 Å².